The Morgan fingerprint density at radius 2 is 1.91 bits per heavy atom. The maximum absolute atomic E-state index is 13.8. The zero-order valence-electron chi connectivity index (χ0n) is 21.7. The van der Waals surface area contributed by atoms with Gasteiger partial charge < -0.3 is 14.3 Å². The van der Waals surface area contributed by atoms with Crippen molar-refractivity contribution in [2.45, 2.75) is 72.6 Å². The van der Waals surface area contributed by atoms with Gasteiger partial charge in [-0.3, -0.25) is 9.48 Å². The maximum atomic E-state index is 13.8. The van der Waals surface area contributed by atoms with Crippen LogP contribution in [0.2, 0.25) is 5.15 Å². The number of amides is 1. The molecule has 2 aromatic rings. The van der Waals surface area contributed by atoms with E-state index in [1.807, 2.05) is 24.8 Å². The second kappa shape index (κ2) is 9.65. The number of aromatic nitrogens is 3. The van der Waals surface area contributed by atoms with Gasteiger partial charge in [-0.25, -0.2) is 0 Å². The number of aryl methyl sites for hydroxylation is 1. The Morgan fingerprint density at radius 3 is 2.53 bits per heavy atom. The van der Waals surface area contributed by atoms with Crippen molar-refractivity contribution in [3.8, 4) is 11.4 Å². The number of hydrogen-bond donors (Lipinski definition) is 0. The first-order valence-electron chi connectivity index (χ1n) is 12.7. The molecule has 7 nitrogen and oxygen atoms in total. The molecule has 2 aliphatic heterocycles. The summed E-state index contributed by atoms with van der Waals surface area (Å²) in [5.74, 6) is 0.928. The van der Waals surface area contributed by atoms with Crippen molar-refractivity contribution in [3.05, 3.63) is 22.5 Å². The highest BCUT2D eigenvalue weighted by molar-refractivity contribution is 6.33. The molecule has 0 unspecified atom stereocenters. The Balaban J connectivity index is 1.49. The van der Waals surface area contributed by atoms with Gasteiger partial charge in [-0.05, 0) is 62.6 Å². The highest BCUT2D eigenvalue weighted by atomic mass is 35.5. The molecular weight excluding hydrogens is 450 g/mol. The lowest BCUT2D eigenvalue weighted by Crippen LogP contribution is -2.51. The molecule has 34 heavy (non-hydrogen) atoms. The summed E-state index contributed by atoms with van der Waals surface area (Å²) in [4.78, 5) is 18.4. The maximum Gasteiger partial charge on any atom is 0.259 e. The molecule has 0 radical (unpaired) electrons. The largest absolute Gasteiger partial charge is 0.360 e. The molecule has 2 aromatic heterocycles. The minimum atomic E-state index is -0.0450. The van der Waals surface area contributed by atoms with E-state index in [9.17, 15) is 4.79 Å². The van der Waals surface area contributed by atoms with Crippen LogP contribution in [0.4, 0.5) is 0 Å². The van der Waals surface area contributed by atoms with E-state index in [2.05, 4.69) is 35.9 Å². The van der Waals surface area contributed by atoms with Gasteiger partial charge in [0.05, 0.1) is 0 Å². The summed E-state index contributed by atoms with van der Waals surface area (Å²) in [5.41, 5.74) is 2.08. The predicted molar refractivity (Wildman–Crippen MR) is 135 cm³/mol. The van der Waals surface area contributed by atoms with Crippen molar-refractivity contribution in [2.24, 2.45) is 17.9 Å². The highest BCUT2D eigenvalue weighted by Gasteiger charge is 2.41. The highest BCUT2D eigenvalue weighted by Crippen LogP contribution is 2.41. The van der Waals surface area contributed by atoms with E-state index < -0.39 is 0 Å². The number of halogens is 1. The Morgan fingerprint density at radius 1 is 1.21 bits per heavy atom. The van der Waals surface area contributed by atoms with Crippen molar-refractivity contribution in [2.75, 3.05) is 32.7 Å². The normalized spacial score (nSPS) is 19.4. The molecule has 1 amide bonds. The second-order valence-corrected chi connectivity index (χ2v) is 12.2. The van der Waals surface area contributed by atoms with Crippen LogP contribution in [-0.2, 0) is 7.05 Å². The monoisotopic (exact) mass is 489 g/mol. The van der Waals surface area contributed by atoms with E-state index in [4.69, 9.17) is 16.1 Å². The number of carbonyl (C=O) groups is 1. The SMILES string of the molecule is CC(C)c1cc(-c2nn(C)c(Cl)c2C(=O)N2CCCC3(CCN(CCC(C)(C)C)CC3)C2)no1. The molecule has 0 saturated carbocycles. The first kappa shape index (κ1) is 25.2. The van der Waals surface area contributed by atoms with Crippen LogP contribution in [-0.4, -0.2) is 63.4 Å². The van der Waals surface area contributed by atoms with Crippen LogP contribution in [0.1, 0.15) is 88.8 Å². The zero-order valence-corrected chi connectivity index (χ0v) is 22.4. The summed E-state index contributed by atoms with van der Waals surface area (Å²) in [6.45, 7) is 16.0. The molecule has 0 aliphatic carbocycles. The Bertz CT molecular complexity index is 1010. The zero-order chi connectivity index (χ0) is 24.7. The van der Waals surface area contributed by atoms with Crippen molar-refractivity contribution in [1.29, 1.82) is 0 Å². The minimum Gasteiger partial charge on any atom is -0.360 e. The van der Waals surface area contributed by atoms with Gasteiger partial charge in [0.1, 0.15) is 27.9 Å². The van der Waals surface area contributed by atoms with Gasteiger partial charge in [-0.1, -0.05) is 51.4 Å². The molecule has 2 fully saturated rings. The summed E-state index contributed by atoms with van der Waals surface area (Å²) in [6, 6.07) is 1.87. The number of piperidine rings is 2. The molecule has 0 aromatic carbocycles. The van der Waals surface area contributed by atoms with Crippen LogP contribution >= 0.6 is 11.6 Å². The fraction of sp³-hybridized carbons (Fsp3) is 0.731. The van der Waals surface area contributed by atoms with Crippen LogP contribution in [0, 0.1) is 10.8 Å². The van der Waals surface area contributed by atoms with E-state index in [1.54, 1.807) is 11.7 Å². The lowest BCUT2D eigenvalue weighted by Gasteiger charge is -2.48. The number of hydrogen-bond acceptors (Lipinski definition) is 5. The summed E-state index contributed by atoms with van der Waals surface area (Å²) < 4.78 is 7.04. The first-order valence-corrected chi connectivity index (χ1v) is 13.1. The van der Waals surface area contributed by atoms with Crippen LogP contribution in [0.25, 0.3) is 11.4 Å². The van der Waals surface area contributed by atoms with Gasteiger partial charge in [0.25, 0.3) is 5.91 Å². The van der Waals surface area contributed by atoms with Crippen molar-refractivity contribution >= 4 is 17.5 Å². The molecular formula is C26H40ClN5O2. The quantitative estimate of drug-likeness (QED) is 0.546. The average molecular weight is 490 g/mol. The fourth-order valence-corrected chi connectivity index (χ4v) is 5.45. The molecule has 4 heterocycles. The van der Waals surface area contributed by atoms with Crippen molar-refractivity contribution in [3.63, 3.8) is 0 Å². The standard InChI is InChI=1S/C26H40ClN5O2/c1-18(2)20-16-19(29-34-20)22-21(23(27)30(6)28-22)24(33)32-12-7-8-26(17-32)10-14-31(15-11-26)13-9-25(3,4)5/h16,18H,7-15,17H2,1-6H3. The smallest absolute Gasteiger partial charge is 0.259 e. The lowest BCUT2D eigenvalue weighted by atomic mass is 9.72. The molecule has 1 spiro atoms. The van der Waals surface area contributed by atoms with Crippen molar-refractivity contribution < 1.29 is 9.32 Å². The van der Waals surface area contributed by atoms with Crippen LogP contribution in [0.5, 0.6) is 0 Å². The number of nitrogens with zero attached hydrogens (tertiary/aromatic N) is 5. The lowest BCUT2D eigenvalue weighted by molar-refractivity contribution is 0.0196. The predicted octanol–water partition coefficient (Wildman–Crippen LogP) is 5.61. The molecule has 0 N–H and O–H groups in total. The molecule has 0 bridgehead atoms. The summed E-state index contributed by atoms with van der Waals surface area (Å²) in [7, 11) is 1.76. The van der Waals surface area contributed by atoms with Gasteiger partial charge in [0.15, 0.2) is 0 Å². The fourth-order valence-electron chi connectivity index (χ4n) is 5.24. The molecule has 2 aliphatic rings. The summed E-state index contributed by atoms with van der Waals surface area (Å²) in [6.07, 6.45) is 5.74. The van der Waals surface area contributed by atoms with E-state index in [0.717, 1.165) is 57.7 Å². The Labute approximate surface area is 208 Å². The minimum absolute atomic E-state index is 0.0450. The van der Waals surface area contributed by atoms with E-state index in [1.165, 1.54) is 12.8 Å². The van der Waals surface area contributed by atoms with Gasteiger partial charge in [0, 0.05) is 32.1 Å². The third-order valence-corrected chi connectivity index (χ3v) is 8.01. The third-order valence-electron chi connectivity index (χ3n) is 7.57. The Hall–Kier alpha value is -1.86. The first-order chi connectivity index (χ1) is 16.0. The van der Waals surface area contributed by atoms with Crippen LogP contribution in [0.15, 0.2) is 10.6 Å². The molecule has 2 saturated heterocycles. The Kier molecular flexibility index (Phi) is 7.16. The average Bonchev–Trinajstić information content (AvgIpc) is 3.38. The number of likely N-dealkylation sites (tertiary alicyclic amines) is 2. The van der Waals surface area contributed by atoms with Gasteiger partial charge >= 0.3 is 0 Å². The van der Waals surface area contributed by atoms with Gasteiger partial charge in [-0.15, -0.1) is 0 Å². The van der Waals surface area contributed by atoms with E-state index in [0.29, 0.717) is 27.5 Å². The topological polar surface area (TPSA) is 67.4 Å². The molecule has 8 heteroatoms. The van der Waals surface area contributed by atoms with Crippen LogP contribution < -0.4 is 0 Å². The third kappa shape index (κ3) is 5.35. The van der Waals surface area contributed by atoms with Crippen molar-refractivity contribution in [1.82, 2.24) is 24.7 Å². The van der Waals surface area contributed by atoms with Gasteiger partial charge in [-0.2, -0.15) is 5.10 Å². The van der Waals surface area contributed by atoms with Gasteiger partial charge in [0.2, 0.25) is 0 Å². The second-order valence-electron chi connectivity index (χ2n) is 11.9. The number of rotatable bonds is 5. The van der Waals surface area contributed by atoms with E-state index >= 15 is 0 Å². The molecule has 0 atom stereocenters. The summed E-state index contributed by atoms with van der Waals surface area (Å²) in [5, 5.41) is 9.07. The van der Waals surface area contributed by atoms with Crippen LogP contribution in [0.3, 0.4) is 0 Å². The number of carbonyl (C=O) groups excluding carboxylic acids is 1. The molecule has 4 rings (SSSR count). The summed E-state index contributed by atoms with van der Waals surface area (Å²) >= 11 is 6.60. The molecule has 188 valence electrons. The van der Waals surface area contributed by atoms with E-state index in [-0.39, 0.29) is 17.2 Å².